The third-order valence-corrected chi connectivity index (χ3v) is 3.70. The predicted octanol–water partition coefficient (Wildman–Crippen LogP) is 0.234. The minimum absolute atomic E-state index is 0.163. The zero-order valence-corrected chi connectivity index (χ0v) is 10.7. The Labute approximate surface area is 112 Å². The summed E-state index contributed by atoms with van der Waals surface area (Å²) in [6.07, 6.45) is 0.790. The second-order valence-corrected chi connectivity index (χ2v) is 4.95. The molecule has 5 heteroatoms. The Morgan fingerprint density at radius 1 is 1.11 bits per heavy atom. The van der Waals surface area contributed by atoms with Crippen molar-refractivity contribution < 1.29 is 9.59 Å². The molecule has 100 valence electrons. The van der Waals surface area contributed by atoms with Crippen molar-refractivity contribution in [1.82, 2.24) is 15.5 Å². The number of nitrogens with one attached hydrogen (secondary N) is 2. The summed E-state index contributed by atoms with van der Waals surface area (Å²) in [6, 6.07) is 7.35. The minimum atomic E-state index is -0.163. The van der Waals surface area contributed by atoms with E-state index in [0.717, 1.165) is 26.1 Å². The second kappa shape index (κ2) is 5.11. The lowest BCUT2D eigenvalue weighted by Crippen LogP contribution is -2.49. The minimum Gasteiger partial charge on any atom is -0.314 e. The number of rotatable bonds is 3. The first kappa shape index (κ1) is 12.3. The summed E-state index contributed by atoms with van der Waals surface area (Å²) >= 11 is 0. The van der Waals surface area contributed by atoms with Crippen molar-refractivity contribution >= 4 is 11.8 Å². The quantitative estimate of drug-likeness (QED) is 0.763. The van der Waals surface area contributed by atoms with Gasteiger partial charge in [-0.15, -0.1) is 0 Å². The molecule has 1 atom stereocenters. The van der Waals surface area contributed by atoms with Gasteiger partial charge < -0.3 is 10.6 Å². The Bertz CT molecular complexity index is 474. The number of carbonyl (C=O) groups is 2. The van der Waals surface area contributed by atoms with Gasteiger partial charge in [-0.3, -0.25) is 14.5 Å². The highest BCUT2D eigenvalue weighted by Gasteiger charge is 2.35. The fourth-order valence-electron chi connectivity index (χ4n) is 2.64. The third-order valence-electron chi connectivity index (χ3n) is 3.70. The molecule has 0 radical (unpaired) electrons. The number of piperazine rings is 1. The van der Waals surface area contributed by atoms with E-state index in [0.29, 0.717) is 23.7 Å². The molecular formula is C14H17N3O2. The summed E-state index contributed by atoms with van der Waals surface area (Å²) in [6.45, 7) is 3.28. The number of nitrogens with zero attached hydrogens (tertiary/aromatic N) is 1. The van der Waals surface area contributed by atoms with Gasteiger partial charge in [-0.05, 0) is 18.6 Å². The summed E-state index contributed by atoms with van der Waals surface area (Å²) in [5.74, 6) is -0.325. The average molecular weight is 259 g/mol. The zero-order valence-electron chi connectivity index (χ0n) is 10.7. The van der Waals surface area contributed by atoms with E-state index in [2.05, 4.69) is 10.6 Å². The zero-order chi connectivity index (χ0) is 13.2. The van der Waals surface area contributed by atoms with Crippen LogP contribution < -0.4 is 10.6 Å². The van der Waals surface area contributed by atoms with Crippen molar-refractivity contribution in [2.75, 3.05) is 26.2 Å². The molecule has 2 aliphatic heterocycles. The van der Waals surface area contributed by atoms with Gasteiger partial charge in [0.25, 0.3) is 11.8 Å². The van der Waals surface area contributed by atoms with E-state index >= 15 is 0 Å². The van der Waals surface area contributed by atoms with Crippen LogP contribution in [0.2, 0.25) is 0 Å². The highest BCUT2D eigenvalue weighted by atomic mass is 16.2. The fourth-order valence-corrected chi connectivity index (χ4v) is 2.64. The number of imide groups is 1. The van der Waals surface area contributed by atoms with Crippen LogP contribution in [-0.2, 0) is 0 Å². The van der Waals surface area contributed by atoms with Crippen molar-refractivity contribution in [3.05, 3.63) is 35.4 Å². The molecule has 0 spiro atoms. The lowest BCUT2D eigenvalue weighted by atomic mass is 10.1. The molecule has 5 nitrogen and oxygen atoms in total. The molecule has 1 aromatic rings. The molecule has 2 aliphatic rings. The summed E-state index contributed by atoms with van der Waals surface area (Å²) in [5.41, 5.74) is 1.06. The van der Waals surface area contributed by atoms with Crippen LogP contribution in [0.15, 0.2) is 24.3 Å². The standard InChI is InChI=1S/C14H17N3O2/c18-13-11-3-1-2-4-12(11)14(19)17(13)8-5-10-9-15-6-7-16-10/h1-4,10,15-16H,5-9H2. The first-order valence-corrected chi connectivity index (χ1v) is 6.66. The van der Waals surface area contributed by atoms with Crippen LogP contribution in [0.5, 0.6) is 0 Å². The molecule has 0 saturated carbocycles. The number of benzene rings is 1. The molecule has 19 heavy (non-hydrogen) atoms. The normalized spacial score (nSPS) is 22.7. The van der Waals surface area contributed by atoms with Crippen molar-refractivity contribution in [3.8, 4) is 0 Å². The lowest BCUT2D eigenvalue weighted by molar-refractivity contribution is 0.0647. The summed E-state index contributed by atoms with van der Waals surface area (Å²) in [4.78, 5) is 25.7. The second-order valence-electron chi connectivity index (χ2n) is 4.95. The Hall–Kier alpha value is -1.72. The van der Waals surface area contributed by atoms with Gasteiger partial charge in [0.15, 0.2) is 0 Å². The van der Waals surface area contributed by atoms with Crippen LogP contribution in [-0.4, -0.2) is 48.9 Å². The van der Waals surface area contributed by atoms with Crippen LogP contribution in [0.25, 0.3) is 0 Å². The highest BCUT2D eigenvalue weighted by molar-refractivity contribution is 6.21. The van der Waals surface area contributed by atoms with E-state index in [1.165, 1.54) is 4.90 Å². The van der Waals surface area contributed by atoms with Crippen molar-refractivity contribution in [1.29, 1.82) is 0 Å². The van der Waals surface area contributed by atoms with Gasteiger partial charge in [0.05, 0.1) is 11.1 Å². The smallest absolute Gasteiger partial charge is 0.261 e. The molecule has 0 aromatic heterocycles. The molecule has 2 N–H and O–H groups in total. The van der Waals surface area contributed by atoms with Gasteiger partial charge in [0, 0.05) is 32.2 Å². The van der Waals surface area contributed by atoms with E-state index in [1.807, 2.05) is 0 Å². The molecule has 2 heterocycles. The SMILES string of the molecule is O=C1c2ccccc2C(=O)N1CCC1CNCCN1. The molecule has 1 unspecified atom stereocenters. The predicted molar refractivity (Wildman–Crippen MR) is 71.1 cm³/mol. The van der Waals surface area contributed by atoms with E-state index < -0.39 is 0 Å². The van der Waals surface area contributed by atoms with Gasteiger partial charge in [-0.2, -0.15) is 0 Å². The maximum Gasteiger partial charge on any atom is 0.261 e. The van der Waals surface area contributed by atoms with Crippen LogP contribution in [0, 0.1) is 0 Å². The number of carbonyl (C=O) groups excluding carboxylic acids is 2. The van der Waals surface area contributed by atoms with E-state index in [1.54, 1.807) is 24.3 Å². The molecule has 1 fully saturated rings. The molecule has 1 aromatic carbocycles. The van der Waals surface area contributed by atoms with Crippen LogP contribution in [0.4, 0.5) is 0 Å². The summed E-state index contributed by atoms with van der Waals surface area (Å²) < 4.78 is 0. The van der Waals surface area contributed by atoms with Crippen molar-refractivity contribution in [2.45, 2.75) is 12.5 Å². The monoisotopic (exact) mass is 259 g/mol. The number of hydrogen-bond acceptors (Lipinski definition) is 4. The van der Waals surface area contributed by atoms with Crippen LogP contribution >= 0.6 is 0 Å². The first-order valence-electron chi connectivity index (χ1n) is 6.66. The Kier molecular flexibility index (Phi) is 3.31. The van der Waals surface area contributed by atoms with Crippen LogP contribution in [0.1, 0.15) is 27.1 Å². The Balaban J connectivity index is 1.67. The first-order chi connectivity index (χ1) is 9.27. The van der Waals surface area contributed by atoms with Crippen LogP contribution in [0.3, 0.4) is 0 Å². The number of amides is 2. The molecule has 0 bridgehead atoms. The van der Waals surface area contributed by atoms with E-state index in [-0.39, 0.29) is 11.8 Å². The average Bonchev–Trinajstić information content (AvgIpc) is 2.71. The molecule has 2 amide bonds. The summed E-state index contributed by atoms with van der Waals surface area (Å²) in [7, 11) is 0. The van der Waals surface area contributed by atoms with E-state index in [4.69, 9.17) is 0 Å². The largest absolute Gasteiger partial charge is 0.314 e. The topological polar surface area (TPSA) is 61.4 Å². The van der Waals surface area contributed by atoms with Gasteiger partial charge in [0.1, 0.15) is 0 Å². The van der Waals surface area contributed by atoms with Gasteiger partial charge >= 0.3 is 0 Å². The van der Waals surface area contributed by atoms with Gasteiger partial charge in [-0.25, -0.2) is 0 Å². The summed E-state index contributed by atoms with van der Waals surface area (Å²) in [5, 5.41) is 6.68. The van der Waals surface area contributed by atoms with Gasteiger partial charge in [0.2, 0.25) is 0 Å². The number of fused-ring (bicyclic) bond motifs is 1. The maximum absolute atomic E-state index is 12.1. The Morgan fingerprint density at radius 3 is 2.37 bits per heavy atom. The molecular weight excluding hydrogens is 242 g/mol. The molecule has 3 rings (SSSR count). The van der Waals surface area contributed by atoms with Crippen molar-refractivity contribution in [2.24, 2.45) is 0 Å². The molecule has 1 saturated heterocycles. The third kappa shape index (κ3) is 2.27. The Morgan fingerprint density at radius 2 is 1.79 bits per heavy atom. The molecule has 0 aliphatic carbocycles. The highest BCUT2D eigenvalue weighted by Crippen LogP contribution is 2.22. The van der Waals surface area contributed by atoms with Gasteiger partial charge in [-0.1, -0.05) is 12.1 Å². The maximum atomic E-state index is 12.1. The fraction of sp³-hybridized carbons (Fsp3) is 0.429. The van der Waals surface area contributed by atoms with E-state index in [9.17, 15) is 9.59 Å². The number of hydrogen-bond donors (Lipinski definition) is 2. The lowest BCUT2D eigenvalue weighted by Gasteiger charge is -2.26. The van der Waals surface area contributed by atoms with Crippen molar-refractivity contribution in [3.63, 3.8) is 0 Å².